The van der Waals surface area contributed by atoms with Crippen molar-refractivity contribution in [3.8, 4) is 0 Å². The number of rotatable bonds is 4. The minimum atomic E-state index is -1.64. The van der Waals surface area contributed by atoms with Gasteiger partial charge in [-0.2, -0.15) is 4.39 Å². The molecule has 0 saturated heterocycles. The van der Waals surface area contributed by atoms with E-state index in [0.717, 1.165) is 0 Å². The monoisotopic (exact) mass is 239 g/mol. The van der Waals surface area contributed by atoms with Crippen molar-refractivity contribution in [1.29, 1.82) is 0 Å². The predicted octanol–water partition coefficient (Wildman–Crippen LogP) is 2.77. The summed E-state index contributed by atoms with van der Waals surface area (Å²) in [4.78, 5) is 20.3. The molecule has 0 radical (unpaired) electrons. The Morgan fingerprint density at radius 2 is 1.94 bits per heavy atom. The first-order valence-corrected chi connectivity index (χ1v) is 4.84. The largest absolute Gasteiger partial charge is 0.476 e. The SMILES string of the molecule is CCC(=C(F)C(=O)O)c1ccc([N+](=O)[O-])cc1. The lowest BCUT2D eigenvalue weighted by Gasteiger charge is -2.04. The Balaban J connectivity index is 3.19. The van der Waals surface area contributed by atoms with Crippen molar-refractivity contribution >= 4 is 17.2 Å². The van der Waals surface area contributed by atoms with E-state index >= 15 is 0 Å². The normalized spacial score (nSPS) is 11.9. The van der Waals surface area contributed by atoms with Crippen LogP contribution in [0.4, 0.5) is 10.1 Å². The summed E-state index contributed by atoms with van der Waals surface area (Å²) in [5.74, 6) is -2.87. The molecule has 0 amide bonds. The topological polar surface area (TPSA) is 80.4 Å². The summed E-state index contributed by atoms with van der Waals surface area (Å²) >= 11 is 0. The Hall–Kier alpha value is -2.24. The summed E-state index contributed by atoms with van der Waals surface area (Å²) in [7, 11) is 0. The molecule has 0 aliphatic heterocycles. The standard InChI is InChI=1S/C11H10FNO4/c1-2-9(10(12)11(14)15)7-3-5-8(6-4-7)13(16)17/h3-6H,2H2,1H3,(H,14,15). The van der Waals surface area contributed by atoms with Crippen molar-refractivity contribution < 1.29 is 19.2 Å². The second-order valence-corrected chi connectivity index (χ2v) is 3.26. The molecule has 1 aromatic rings. The van der Waals surface area contributed by atoms with Crippen molar-refractivity contribution in [2.75, 3.05) is 0 Å². The van der Waals surface area contributed by atoms with Crippen LogP contribution in [0.15, 0.2) is 30.1 Å². The van der Waals surface area contributed by atoms with Crippen LogP contribution >= 0.6 is 0 Å². The number of nitro benzene ring substituents is 1. The van der Waals surface area contributed by atoms with Gasteiger partial charge in [0.25, 0.3) is 5.69 Å². The number of carboxylic acids is 1. The number of non-ortho nitro benzene ring substituents is 1. The molecular weight excluding hydrogens is 229 g/mol. The van der Waals surface area contributed by atoms with Crippen LogP contribution in [0.3, 0.4) is 0 Å². The van der Waals surface area contributed by atoms with Crippen LogP contribution in [0.2, 0.25) is 0 Å². The lowest BCUT2D eigenvalue weighted by Crippen LogP contribution is -1.99. The summed E-state index contributed by atoms with van der Waals surface area (Å²) in [5.41, 5.74) is 0.227. The second-order valence-electron chi connectivity index (χ2n) is 3.26. The number of nitrogens with zero attached hydrogens (tertiary/aromatic N) is 1. The smallest absolute Gasteiger partial charge is 0.365 e. The van der Waals surface area contributed by atoms with Crippen LogP contribution in [-0.2, 0) is 4.79 Å². The molecule has 6 heteroatoms. The van der Waals surface area contributed by atoms with Crippen molar-refractivity contribution in [2.45, 2.75) is 13.3 Å². The number of hydrogen-bond donors (Lipinski definition) is 1. The molecule has 0 fully saturated rings. The highest BCUT2D eigenvalue weighted by atomic mass is 19.1. The van der Waals surface area contributed by atoms with Gasteiger partial charge in [-0.05, 0) is 24.1 Å². The molecule has 5 nitrogen and oxygen atoms in total. The molecule has 0 aromatic heterocycles. The molecule has 0 spiro atoms. The average molecular weight is 239 g/mol. The summed E-state index contributed by atoms with van der Waals surface area (Å²) in [6.07, 6.45) is 0.190. The van der Waals surface area contributed by atoms with E-state index in [4.69, 9.17) is 5.11 Å². The average Bonchev–Trinajstić information content (AvgIpc) is 2.30. The Bertz CT molecular complexity index is 479. The summed E-state index contributed by atoms with van der Waals surface area (Å²) in [6.45, 7) is 1.61. The molecule has 0 bridgehead atoms. The second kappa shape index (κ2) is 5.20. The van der Waals surface area contributed by atoms with Gasteiger partial charge in [-0.3, -0.25) is 10.1 Å². The van der Waals surface area contributed by atoms with Gasteiger partial charge in [0.2, 0.25) is 5.83 Å². The van der Waals surface area contributed by atoms with Crippen LogP contribution in [0, 0.1) is 10.1 Å². The van der Waals surface area contributed by atoms with Crippen LogP contribution in [0.5, 0.6) is 0 Å². The maximum Gasteiger partial charge on any atom is 0.365 e. The Kier molecular flexibility index (Phi) is 3.92. The maximum atomic E-state index is 13.3. The van der Waals surface area contributed by atoms with E-state index in [9.17, 15) is 19.3 Å². The van der Waals surface area contributed by atoms with Crippen molar-refractivity contribution in [1.82, 2.24) is 0 Å². The number of halogens is 1. The van der Waals surface area contributed by atoms with Gasteiger partial charge in [0.1, 0.15) is 0 Å². The Morgan fingerprint density at radius 1 is 1.41 bits per heavy atom. The number of aliphatic carboxylic acids is 1. The van der Waals surface area contributed by atoms with E-state index in [2.05, 4.69) is 0 Å². The fourth-order valence-electron chi connectivity index (χ4n) is 1.40. The molecule has 90 valence electrons. The highest BCUT2D eigenvalue weighted by Crippen LogP contribution is 2.25. The lowest BCUT2D eigenvalue weighted by atomic mass is 10.0. The fourth-order valence-corrected chi connectivity index (χ4v) is 1.40. The number of benzene rings is 1. The number of carbonyl (C=O) groups is 1. The third-order valence-corrected chi connectivity index (χ3v) is 2.23. The van der Waals surface area contributed by atoms with Gasteiger partial charge in [-0.1, -0.05) is 6.92 Å². The summed E-state index contributed by atoms with van der Waals surface area (Å²) < 4.78 is 13.3. The highest BCUT2D eigenvalue weighted by Gasteiger charge is 2.15. The van der Waals surface area contributed by atoms with Gasteiger partial charge in [0.05, 0.1) is 4.92 Å². The third-order valence-electron chi connectivity index (χ3n) is 2.23. The van der Waals surface area contributed by atoms with E-state index in [1.807, 2.05) is 0 Å². The van der Waals surface area contributed by atoms with E-state index < -0.39 is 16.7 Å². The van der Waals surface area contributed by atoms with Gasteiger partial charge in [-0.15, -0.1) is 0 Å². The number of carboxylic acid groups (broad SMARTS) is 1. The number of nitro groups is 1. The van der Waals surface area contributed by atoms with Crippen LogP contribution < -0.4 is 0 Å². The first-order chi connectivity index (χ1) is 7.97. The lowest BCUT2D eigenvalue weighted by molar-refractivity contribution is -0.384. The van der Waals surface area contributed by atoms with Gasteiger partial charge in [0.15, 0.2) is 0 Å². The van der Waals surface area contributed by atoms with E-state index in [1.165, 1.54) is 24.3 Å². The molecular formula is C11H10FNO4. The molecule has 1 aromatic carbocycles. The van der Waals surface area contributed by atoms with Crippen LogP contribution in [0.1, 0.15) is 18.9 Å². The molecule has 0 aliphatic carbocycles. The third kappa shape index (κ3) is 2.87. The zero-order valence-corrected chi connectivity index (χ0v) is 9.01. The van der Waals surface area contributed by atoms with Gasteiger partial charge >= 0.3 is 5.97 Å². The van der Waals surface area contributed by atoms with Crippen LogP contribution in [0.25, 0.3) is 5.57 Å². The summed E-state index contributed by atoms with van der Waals surface area (Å²) in [6, 6.07) is 5.08. The van der Waals surface area contributed by atoms with Gasteiger partial charge < -0.3 is 5.11 Å². The minimum Gasteiger partial charge on any atom is -0.476 e. The fraction of sp³-hybridized carbons (Fsp3) is 0.182. The number of hydrogen-bond acceptors (Lipinski definition) is 3. The Labute approximate surface area is 96.3 Å². The molecule has 0 heterocycles. The minimum absolute atomic E-state index is 0.0207. The maximum absolute atomic E-state index is 13.3. The van der Waals surface area contributed by atoms with E-state index in [0.29, 0.717) is 5.56 Å². The molecule has 0 atom stereocenters. The van der Waals surface area contributed by atoms with Crippen molar-refractivity contribution in [2.24, 2.45) is 0 Å². The van der Waals surface area contributed by atoms with Crippen molar-refractivity contribution in [3.63, 3.8) is 0 Å². The van der Waals surface area contributed by atoms with Gasteiger partial charge in [0, 0.05) is 17.7 Å². The molecule has 0 aliphatic rings. The van der Waals surface area contributed by atoms with Gasteiger partial charge in [-0.25, -0.2) is 4.79 Å². The van der Waals surface area contributed by atoms with Crippen molar-refractivity contribution in [3.05, 3.63) is 45.8 Å². The zero-order valence-electron chi connectivity index (χ0n) is 9.01. The van der Waals surface area contributed by atoms with E-state index in [-0.39, 0.29) is 17.7 Å². The molecule has 0 unspecified atom stereocenters. The highest BCUT2D eigenvalue weighted by molar-refractivity contribution is 5.94. The Morgan fingerprint density at radius 3 is 2.29 bits per heavy atom. The predicted molar refractivity (Wildman–Crippen MR) is 59.1 cm³/mol. The molecule has 0 saturated carbocycles. The molecule has 1 rings (SSSR count). The zero-order chi connectivity index (χ0) is 13.0. The molecule has 17 heavy (non-hydrogen) atoms. The summed E-state index contributed by atoms with van der Waals surface area (Å²) in [5, 5.41) is 19.0. The van der Waals surface area contributed by atoms with E-state index in [1.54, 1.807) is 6.92 Å². The quantitative estimate of drug-likeness (QED) is 0.497. The first kappa shape index (κ1) is 12.8. The van der Waals surface area contributed by atoms with Crippen LogP contribution in [-0.4, -0.2) is 16.0 Å². The number of allylic oxidation sites excluding steroid dienone is 1. The molecule has 1 N–H and O–H groups in total. The first-order valence-electron chi connectivity index (χ1n) is 4.84.